The highest BCUT2D eigenvalue weighted by Crippen LogP contribution is 2.23. The van der Waals surface area contributed by atoms with Crippen LogP contribution in [0.25, 0.3) is 11.1 Å². The molecule has 4 aromatic rings. The van der Waals surface area contributed by atoms with Crippen molar-refractivity contribution in [1.82, 2.24) is 9.97 Å². The molecule has 1 atom stereocenters. The number of ether oxygens (including phenoxy) is 1. The van der Waals surface area contributed by atoms with Crippen LogP contribution in [0.3, 0.4) is 0 Å². The number of carbonyl (C=O) groups excluding carboxylic acids is 1. The van der Waals surface area contributed by atoms with Gasteiger partial charge in [0.25, 0.3) is 15.9 Å². The first-order chi connectivity index (χ1) is 17.7. The second-order valence-corrected chi connectivity index (χ2v) is 10.2. The Morgan fingerprint density at radius 2 is 1.46 bits per heavy atom. The van der Waals surface area contributed by atoms with Gasteiger partial charge in [-0.1, -0.05) is 49.4 Å². The summed E-state index contributed by atoms with van der Waals surface area (Å²) < 4.78 is 33.8. The van der Waals surface area contributed by atoms with Gasteiger partial charge in [-0.05, 0) is 73.9 Å². The molecule has 0 aliphatic heterocycles. The molecule has 0 saturated carbocycles. The van der Waals surface area contributed by atoms with Crippen LogP contribution in [0.2, 0.25) is 0 Å². The largest absolute Gasteiger partial charge is 0.481 e. The number of anilines is 2. The normalized spacial score (nSPS) is 12.0. The molecule has 0 spiro atoms. The van der Waals surface area contributed by atoms with E-state index in [0.717, 1.165) is 11.1 Å². The van der Waals surface area contributed by atoms with Crippen molar-refractivity contribution in [1.29, 1.82) is 0 Å². The fraction of sp³-hybridized carbons (Fsp3) is 0.179. The van der Waals surface area contributed by atoms with Gasteiger partial charge in [0.15, 0.2) is 6.10 Å². The Bertz CT molecular complexity index is 1450. The number of carbonyl (C=O) groups is 1. The van der Waals surface area contributed by atoms with Crippen LogP contribution in [-0.4, -0.2) is 30.4 Å². The summed E-state index contributed by atoms with van der Waals surface area (Å²) in [6.07, 6.45) is -0.257. The fourth-order valence-electron chi connectivity index (χ4n) is 3.73. The summed E-state index contributed by atoms with van der Waals surface area (Å²) in [6, 6.07) is 25.2. The molecule has 0 radical (unpaired) electrons. The predicted octanol–water partition coefficient (Wildman–Crippen LogP) is 5.36. The zero-order valence-electron chi connectivity index (χ0n) is 20.8. The predicted molar refractivity (Wildman–Crippen MR) is 144 cm³/mol. The molecule has 8 nitrogen and oxygen atoms in total. The van der Waals surface area contributed by atoms with Gasteiger partial charge in [-0.2, -0.15) is 0 Å². The Morgan fingerprint density at radius 3 is 2.05 bits per heavy atom. The van der Waals surface area contributed by atoms with Crippen LogP contribution in [-0.2, 0) is 14.8 Å². The summed E-state index contributed by atoms with van der Waals surface area (Å²) >= 11 is 0. The first-order valence-electron chi connectivity index (χ1n) is 11.8. The Labute approximate surface area is 216 Å². The lowest BCUT2D eigenvalue weighted by molar-refractivity contribution is -0.122. The van der Waals surface area contributed by atoms with Crippen LogP contribution in [0.5, 0.6) is 5.75 Å². The molecule has 0 saturated heterocycles. The summed E-state index contributed by atoms with van der Waals surface area (Å²) in [4.78, 5) is 21.1. The third kappa shape index (κ3) is 6.71. The van der Waals surface area contributed by atoms with E-state index < -0.39 is 16.1 Å². The molecule has 1 unspecified atom stereocenters. The van der Waals surface area contributed by atoms with E-state index in [1.54, 1.807) is 19.9 Å². The minimum absolute atomic E-state index is 0.00890. The standard InChI is InChI=1S/C28H28N4O4S/c1-4-26(36-24-14-10-22(11-15-24)21-8-6-5-7-9-21)27(33)31-23-12-16-25(17-13-23)37(34,35)32-28-29-19(2)18-20(3)30-28/h5-18,26H,4H2,1-3H3,(H,31,33)(H,29,30,32). The molecule has 0 aliphatic rings. The molecule has 9 heteroatoms. The highest BCUT2D eigenvalue weighted by Gasteiger charge is 2.20. The number of aryl methyl sites for hydroxylation is 2. The maximum absolute atomic E-state index is 12.8. The number of sulfonamides is 1. The van der Waals surface area contributed by atoms with E-state index in [9.17, 15) is 13.2 Å². The number of hydrogen-bond acceptors (Lipinski definition) is 6. The smallest absolute Gasteiger partial charge is 0.265 e. The molecule has 3 aromatic carbocycles. The van der Waals surface area contributed by atoms with E-state index in [4.69, 9.17) is 4.74 Å². The maximum atomic E-state index is 12.8. The van der Waals surface area contributed by atoms with E-state index in [-0.39, 0.29) is 16.8 Å². The first kappa shape index (κ1) is 25.8. The lowest BCUT2D eigenvalue weighted by atomic mass is 10.1. The number of nitrogens with zero attached hydrogens (tertiary/aromatic N) is 2. The summed E-state index contributed by atoms with van der Waals surface area (Å²) in [5, 5.41) is 2.79. The van der Waals surface area contributed by atoms with Crippen LogP contribution < -0.4 is 14.8 Å². The molecule has 0 fully saturated rings. The second-order valence-electron chi connectivity index (χ2n) is 8.50. The van der Waals surface area contributed by atoms with E-state index in [0.29, 0.717) is 29.2 Å². The zero-order valence-corrected chi connectivity index (χ0v) is 21.6. The minimum Gasteiger partial charge on any atom is -0.481 e. The summed E-state index contributed by atoms with van der Waals surface area (Å²) in [6.45, 7) is 5.38. The van der Waals surface area contributed by atoms with Crippen molar-refractivity contribution in [2.75, 3.05) is 10.0 Å². The van der Waals surface area contributed by atoms with Gasteiger partial charge in [0, 0.05) is 17.1 Å². The fourth-order valence-corrected chi connectivity index (χ4v) is 4.68. The van der Waals surface area contributed by atoms with Crippen LogP contribution in [0.1, 0.15) is 24.7 Å². The van der Waals surface area contributed by atoms with Crippen LogP contribution in [0.15, 0.2) is 89.8 Å². The maximum Gasteiger partial charge on any atom is 0.265 e. The van der Waals surface area contributed by atoms with Gasteiger partial charge >= 0.3 is 0 Å². The molecule has 37 heavy (non-hydrogen) atoms. The average Bonchev–Trinajstić information content (AvgIpc) is 2.87. The van der Waals surface area contributed by atoms with Gasteiger partial charge in [-0.15, -0.1) is 0 Å². The number of hydrogen-bond donors (Lipinski definition) is 2. The summed E-state index contributed by atoms with van der Waals surface area (Å²) in [5.41, 5.74) is 3.92. The summed E-state index contributed by atoms with van der Waals surface area (Å²) in [7, 11) is -3.89. The molecule has 1 amide bonds. The van der Waals surface area contributed by atoms with Crippen LogP contribution >= 0.6 is 0 Å². The van der Waals surface area contributed by atoms with E-state index in [2.05, 4.69) is 20.0 Å². The van der Waals surface area contributed by atoms with Crippen LogP contribution in [0, 0.1) is 13.8 Å². The van der Waals surface area contributed by atoms with E-state index in [1.807, 2.05) is 61.5 Å². The molecule has 0 aliphatic carbocycles. The highest BCUT2D eigenvalue weighted by molar-refractivity contribution is 7.92. The lowest BCUT2D eigenvalue weighted by Crippen LogP contribution is -2.32. The first-order valence-corrected chi connectivity index (χ1v) is 13.3. The van der Waals surface area contributed by atoms with Crippen molar-refractivity contribution in [3.8, 4) is 16.9 Å². The molecule has 1 heterocycles. The topological polar surface area (TPSA) is 110 Å². The van der Waals surface area contributed by atoms with Gasteiger partial charge in [0.05, 0.1) is 4.90 Å². The third-order valence-corrected chi connectivity index (χ3v) is 6.89. The number of benzene rings is 3. The molecule has 1 aromatic heterocycles. The Morgan fingerprint density at radius 1 is 0.865 bits per heavy atom. The molecule has 2 N–H and O–H groups in total. The van der Waals surface area contributed by atoms with Crippen molar-refractivity contribution in [2.45, 2.75) is 38.2 Å². The Balaban J connectivity index is 1.39. The lowest BCUT2D eigenvalue weighted by Gasteiger charge is -2.18. The number of rotatable bonds is 9. The Hall–Kier alpha value is -4.24. The molecule has 4 rings (SSSR count). The van der Waals surface area contributed by atoms with Gasteiger partial charge in [-0.3, -0.25) is 4.79 Å². The van der Waals surface area contributed by atoms with E-state index >= 15 is 0 Å². The van der Waals surface area contributed by atoms with Gasteiger partial charge in [-0.25, -0.2) is 23.1 Å². The molecular weight excluding hydrogens is 488 g/mol. The number of amides is 1. The monoisotopic (exact) mass is 516 g/mol. The molecular formula is C28H28N4O4S. The van der Waals surface area contributed by atoms with Crippen molar-refractivity contribution in [2.24, 2.45) is 0 Å². The van der Waals surface area contributed by atoms with Gasteiger partial charge in [0.2, 0.25) is 5.95 Å². The highest BCUT2D eigenvalue weighted by atomic mass is 32.2. The Kier molecular flexibility index (Phi) is 7.83. The second kappa shape index (κ2) is 11.2. The number of aromatic nitrogens is 2. The molecule has 0 bridgehead atoms. The SMILES string of the molecule is CCC(Oc1ccc(-c2ccccc2)cc1)C(=O)Nc1ccc(S(=O)(=O)Nc2nc(C)cc(C)n2)cc1. The molecule has 190 valence electrons. The minimum atomic E-state index is -3.89. The summed E-state index contributed by atoms with van der Waals surface area (Å²) in [5.74, 6) is 0.268. The van der Waals surface area contributed by atoms with Crippen molar-refractivity contribution in [3.63, 3.8) is 0 Å². The zero-order chi connectivity index (χ0) is 26.4. The van der Waals surface area contributed by atoms with Crippen molar-refractivity contribution < 1.29 is 17.9 Å². The number of nitrogens with one attached hydrogen (secondary N) is 2. The van der Waals surface area contributed by atoms with Gasteiger partial charge in [0.1, 0.15) is 5.75 Å². The quantitative estimate of drug-likeness (QED) is 0.310. The van der Waals surface area contributed by atoms with Crippen LogP contribution in [0.4, 0.5) is 11.6 Å². The van der Waals surface area contributed by atoms with E-state index in [1.165, 1.54) is 24.3 Å². The van der Waals surface area contributed by atoms with Crippen molar-refractivity contribution >= 4 is 27.6 Å². The third-order valence-electron chi connectivity index (χ3n) is 5.54. The van der Waals surface area contributed by atoms with Gasteiger partial charge < -0.3 is 10.1 Å². The average molecular weight is 517 g/mol. The van der Waals surface area contributed by atoms with Crippen molar-refractivity contribution in [3.05, 3.63) is 96.3 Å².